The average molecular weight is 270 g/mol. The molecule has 0 radical (unpaired) electrons. The van der Waals surface area contributed by atoms with Crippen LogP contribution in [0.25, 0.3) is 0 Å². The molecule has 2 aliphatic rings. The Morgan fingerprint density at radius 2 is 2.06 bits per heavy atom. The Morgan fingerprint density at radius 3 is 2.78 bits per heavy atom. The van der Waals surface area contributed by atoms with Gasteiger partial charge in [0.2, 0.25) is 10.0 Å². The molecule has 1 saturated heterocycles. The normalized spacial score (nSPS) is 33.0. The van der Waals surface area contributed by atoms with Crippen LogP contribution in [0.4, 0.5) is 0 Å². The number of hydrogen-bond donors (Lipinski definition) is 0. The van der Waals surface area contributed by atoms with E-state index < -0.39 is 10.0 Å². The highest BCUT2D eigenvalue weighted by Crippen LogP contribution is 2.41. The lowest BCUT2D eigenvalue weighted by molar-refractivity contribution is 0.248. The molecule has 0 bridgehead atoms. The largest absolute Gasteiger partial charge is 0.214 e. The second kappa shape index (κ2) is 5.58. The highest BCUT2D eigenvalue weighted by Gasteiger charge is 2.45. The number of hydrogen-bond acceptors (Lipinski definition) is 3. The molecule has 0 aromatic rings. The van der Waals surface area contributed by atoms with Crippen molar-refractivity contribution in [3.05, 3.63) is 0 Å². The van der Waals surface area contributed by atoms with Crippen molar-refractivity contribution in [3.63, 3.8) is 0 Å². The van der Waals surface area contributed by atoms with Crippen molar-refractivity contribution in [2.75, 3.05) is 5.75 Å². The molecule has 1 aliphatic carbocycles. The van der Waals surface area contributed by atoms with Gasteiger partial charge in [-0.15, -0.1) is 0 Å². The Kier molecular flexibility index (Phi) is 4.29. The van der Waals surface area contributed by atoms with Gasteiger partial charge >= 0.3 is 0 Å². The van der Waals surface area contributed by atoms with Crippen molar-refractivity contribution in [3.8, 4) is 6.07 Å². The number of sulfonamides is 1. The fraction of sp³-hybridized carbons (Fsp3) is 0.923. The standard InChI is InChI=1S/C13H22N2O2S/c1-11-10-12-6-2-3-7-13(12)15(11)18(16,17)9-5-4-8-14/h11-13H,2-7,9-10H2,1H3/t11-,12-,13-/m1/s1. The van der Waals surface area contributed by atoms with Crippen molar-refractivity contribution < 1.29 is 8.42 Å². The predicted molar refractivity (Wildman–Crippen MR) is 70.3 cm³/mol. The summed E-state index contributed by atoms with van der Waals surface area (Å²) in [6.07, 6.45) is 6.40. The van der Waals surface area contributed by atoms with Crippen molar-refractivity contribution in [2.24, 2.45) is 5.92 Å². The third kappa shape index (κ3) is 2.70. The highest BCUT2D eigenvalue weighted by molar-refractivity contribution is 7.89. The Balaban J connectivity index is 2.08. The summed E-state index contributed by atoms with van der Waals surface area (Å²) in [4.78, 5) is 0. The van der Waals surface area contributed by atoms with Gasteiger partial charge in [-0.1, -0.05) is 12.8 Å². The maximum Gasteiger partial charge on any atom is 0.214 e. The number of nitriles is 1. The SMILES string of the molecule is C[C@@H]1C[C@H]2CCCC[C@H]2N1S(=O)(=O)CCCC#N. The molecule has 18 heavy (non-hydrogen) atoms. The lowest BCUT2D eigenvalue weighted by Crippen LogP contribution is -2.43. The second-order valence-corrected chi connectivity index (χ2v) is 7.60. The minimum Gasteiger partial charge on any atom is -0.212 e. The Bertz CT molecular complexity index is 427. The van der Waals surface area contributed by atoms with E-state index in [-0.39, 0.29) is 17.8 Å². The van der Waals surface area contributed by atoms with Crippen molar-refractivity contribution in [1.82, 2.24) is 4.31 Å². The molecule has 1 aliphatic heterocycles. The number of fused-ring (bicyclic) bond motifs is 1. The first-order valence-corrected chi connectivity index (χ1v) is 8.55. The molecular formula is C13H22N2O2S. The van der Waals surface area contributed by atoms with Gasteiger partial charge in [0.25, 0.3) is 0 Å². The fourth-order valence-electron chi connectivity index (χ4n) is 3.59. The zero-order chi connectivity index (χ0) is 13.2. The maximum atomic E-state index is 12.4. The van der Waals surface area contributed by atoms with Crippen LogP contribution in [0.5, 0.6) is 0 Å². The summed E-state index contributed by atoms with van der Waals surface area (Å²) >= 11 is 0. The summed E-state index contributed by atoms with van der Waals surface area (Å²) in [5.41, 5.74) is 0. The zero-order valence-electron chi connectivity index (χ0n) is 11.0. The first-order valence-electron chi connectivity index (χ1n) is 6.94. The molecule has 4 nitrogen and oxygen atoms in total. The van der Waals surface area contributed by atoms with Gasteiger partial charge in [0.05, 0.1) is 11.8 Å². The van der Waals surface area contributed by atoms with Crippen LogP contribution >= 0.6 is 0 Å². The smallest absolute Gasteiger partial charge is 0.212 e. The average Bonchev–Trinajstić information content (AvgIpc) is 2.65. The van der Waals surface area contributed by atoms with Crippen molar-refractivity contribution in [2.45, 2.75) is 64.0 Å². The predicted octanol–water partition coefficient (Wildman–Crippen LogP) is 2.27. The second-order valence-electron chi connectivity index (χ2n) is 5.60. The zero-order valence-corrected chi connectivity index (χ0v) is 11.8. The third-order valence-electron chi connectivity index (χ3n) is 4.29. The van der Waals surface area contributed by atoms with Crippen LogP contribution in [0.3, 0.4) is 0 Å². The van der Waals surface area contributed by atoms with Gasteiger partial charge in [0.15, 0.2) is 0 Å². The van der Waals surface area contributed by atoms with Crippen LogP contribution in [0.15, 0.2) is 0 Å². The van der Waals surface area contributed by atoms with Gasteiger partial charge in [-0.2, -0.15) is 9.57 Å². The lowest BCUT2D eigenvalue weighted by atomic mass is 9.85. The van der Waals surface area contributed by atoms with Crippen LogP contribution in [-0.2, 0) is 10.0 Å². The van der Waals surface area contributed by atoms with E-state index in [1.54, 1.807) is 4.31 Å². The van der Waals surface area contributed by atoms with E-state index >= 15 is 0 Å². The van der Waals surface area contributed by atoms with Crippen LogP contribution in [0.1, 0.15) is 51.9 Å². The van der Waals surface area contributed by atoms with Crippen LogP contribution in [0, 0.1) is 17.2 Å². The van der Waals surface area contributed by atoms with Gasteiger partial charge in [-0.3, -0.25) is 0 Å². The minimum absolute atomic E-state index is 0.133. The van der Waals surface area contributed by atoms with Crippen LogP contribution < -0.4 is 0 Å². The van der Waals surface area contributed by atoms with Crippen molar-refractivity contribution in [1.29, 1.82) is 5.26 Å². The van der Waals surface area contributed by atoms with E-state index in [2.05, 4.69) is 0 Å². The number of nitrogens with zero attached hydrogens (tertiary/aromatic N) is 2. The molecular weight excluding hydrogens is 248 g/mol. The summed E-state index contributed by atoms with van der Waals surface area (Å²) in [5.74, 6) is 0.702. The molecule has 5 heteroatoms. The molecule has 102 valence electrons. The number of rotatable bonds is 4. The Hall–Kier alpha value is -0.600. The Morgan fingerprint density at radius 1 is 1.33 bits per heavy atom. The van der Waals surface area contributed by atoms with Gasteiger partial charge in [0.1, 0.15) is 0 Å². The van der Waals surface area contributed by atoms with Crippen molar-refractivity contribution >= 4 is 10.0 Å². The molecule has 0 amide bonds. The molecule has 3 atom stereocenters. The molecule has 1 heterocycles. The van der Waals surface area contributed by atoms with Gasteiger partial charge in [-0.25, -0.2) is 8.42 Å². The summed E-state index contributed by atoms with van der Waals surface area (Å²) < 4.78 is 26.6. The first kappa shape index (κ1) is 13.8. The molecule has 1 saturated carbocycles. The van der Waals surface area contributed by atoms with E-state index in [9.17, 15) is 8.42 Å². The van der Waals surface area contributed by atoms with E-state index in [4.69, 9.17) is 5.26 Å². The summed E-state index contributed by atoms with van der Waals surface area (Å²) in [5, 5.41) is 8.51. The fourth-order valence-corrected chi connectivity index (χ4v) is 5.63. The molecule has 0 unspecified atom stereocenters. The molecule has 2 rings (SSSR count). The van der Waals surface area contributed by atoms with Gasteiger partial charge in [-0.05, 0) is 38.5 Å². The quantitative estimate of drug-likeness (QED) is 0.736. The van der Waals surface area contributed by atoms with E-state index in [0.29, 0.717) is 18.8 Å². The Labute approximate surface area is 110 Å². The van der Waals surface area contributed by atoms with E-state index in [0.717, 1.165) is 19.3 Å². The van der Waals surface area contributed by atoms with Gasteiger partial charge in [0, 0.05) is 18.5 Å². The maximum absolute atomic E-state index is 12.4. The number of unbranched alkanes of at least 4 members (excludes halogenated alkanes) is 1. The third-order valence-corrected chi connectivity index (χ3v) is 6.36. The monoisotopic (exact) mass is 270 g/mol. The molecule has 0 aromatic carbocycles. The molecule has 0 spiro atoms. The molecule has 2 fully saturated rings. The first-order chi connectivity index (χ1) is 8.56. The van der Waals surface area contributed by atoms with Crippen LogP contribution in [-0.4, -0.2) is 30.6 Å². The molecule has 0 aromatic heterocycles. The molecule has 0 N–H and O–H groups in total. The topological polar surface area (TPSA) is 61.2 Å². The van der Waals surface area contributed by atoms with E-state index in [1.165, 1.54) is 12.8 Å². The highest BCUT2D eigenvalue weighted by atomic mass is 32.2. The van der Waals surface area contributed by atoms with Crippen LogP contribution in [0.2, 0.25) is 0 Å². The minimum atomic E-state index is -3.17. The summed E-state index contributed by atoms with van der Waals surface area (Å²) in [7, 11) is -3.17. The lowest BCUT2D eigenvalue weighted by Gasteiger charge is -2.32. The van der Waals surface area contributed by atoms with Gasteiger partial charge < -0.3 is 0 Å². The summed E-state index contributed by atoms with van der Waals surface area (Å²) in [6.45, 7) is 2.03. The summed E-state index contributed by atoms with van der Waals surface area (Å²) in [6, 6.07) is 2.40. The van der Waals surface area contributed by atoms with E-state index in [1.807, 2.05) is 13.0 Å².